The van der Waals surface area contributed by atoms with Crippen molar-refractivity contribution in [3.63, 3.8) is 0 Å². The van der Waals surface area contributed by atoms with E-state index in [-0.39, 0.29) is 0 Å². The topological polar surface area (TPSA) is 27.7 Å². The van der Waals surface area contributed by atoms with E-state index in [0.717, 1.165) is 35.8 Å². The Hall–Kier alpha value is -2.16. The molecule has 31 heavy (non-hydrogen) atoms. The number of unbranched alkanes of at least 4 members (excludes halogenated alkanes) is 10. The minimum Gasteiger partial charge on any atom is -0.490 e. The van der Waals surface area contributed by atoms with Crippen LogP contribution in [0.15, 0.2) is 48.5 Å². The van der Waals surface area contributed by atoms with Crippen LogP contribution in [-0.4, -0.2) is 13.2 Å². The first kappa shape index (κ1) is 25.1. The van der Waals surface area contributed by atoms with Crippen molar-refractivity contribution in [2.45, 2.75) is 90.9 Å². The van der Waals surface area contributed by atoms with Gasteiger partial charge in [-0.15, -0.1) is 0 Å². The predicted octanol–water partition coefficient (Wildman–Crippen LogP) is 8.96. The molecule has 0 radical (unpaired) electrons. The molecule has 0 saturated heterocycles. The van der Waals surface area contributed by atoms with Gasteiger partial charge in [0.2, 0.25) is 5.75 Å². The molecule has 0 atom stereocenters. The van der Waals surface area contributed by atoms with Crippen LogP contribution < -0.4 is 14.2 Å². The third kappa shape index (κ3) is 10.6. The fourth-order valence-electron chi connectivity index (χ4n) is 3.57. The van der Waals surface area contributed by atoms with Crippen molar-refractivity contribution in [2.75, 3.05) is 13.2 Å². The van der Waals surface area contributed by atoms with Crippen LogP contribution >= 0.6 is 0 Å². The molecule has 0 amide bonds. The molecule has 2 aromatic carbocycles. The third-order valence-electron chi connectivity index (χ3n) is 5.41. The smallest absolute Gasteiger partial charge is 0.204 e. The molecule has 0 spiro atoms. The highest BCUT2D eigenvalue weighted by atomic mass is 16.5. The molecular weight excluding hydrogens is 384 g/mol. The van der Waals surface area contributed by atoms with E-state index < -0.39 is 0 Å². The van der Waals surface area contributed by atoms with Crippen molar-refractivity contribution in [2.24, 2.45) is 0 Å². The van der Waals surface area contributed by atoms with Crippen LogP contribution in [0.25, 0.3) is 0 Å². The summed E-state index contributed by atoms with van der Waals surface area (Å²) in [6.07, 6.45) is 15.0. The van der Waals surface area contributed by atoms with Gasteiger partial charge in [-0.25, -0.2) is 0 Å². The Morgan fingerprint density at radius 2 is 1.06 bits per heavy atom. The molecule has 0 unspecified atom stereocenters. The highest BCUT2D eigenvalue weighted by molar-refractivity contribution is 5.52. The molecule has 0 N–H and O–H groups in total. The van der Waals surface area contributed by atoms with Gasteiger partial charge in [0.05, 0.1) is 13.2 Å². The molecule has 0 saturated carbocycles. The minimum atomic E-state index is 0.689. The second-order valence-electron chi connectivity index (χ2n) is 8.23. The third-order valence-corrected chi connectivity index (χ3v) is 5.41. The fourth-order valence-corrected chi connectivity index (χ4v) is 3.57. The molecule has 0 fully saturated rings. The van der Waals surface area contributed by atoms with Gasteiger partial charge in [-0.1, -0.05) is 102 Å². The molecule has 0 aliphatic carbocycles. The van der Waals surface area contributed by atoms with Crippen LogP contribution in [-0.2, 0) is 0 Å². The Bertz CT molecular complexity index is 684. The summed E-state index contributed by atoms with van der Waals surface area (Å²) in [5, 5.41) is 0. The van der Waals surface area contributed by atoms with Crippen LogP contribution in [0, 0.1) is 0 Å². The molecule has 0 bridgehead atoms. The number of rotatable bonds is 18. The van der Waals surface area contributed by atoms with Gasteiger partial charge in [0.25, 0.3) is 0 Å². The van der Waals surface area contributed by atoms with E-state index in [1.54, 1.807) is 0 Å². The molecule has 3 heteroatoms. The molecule has 2 aromatic rings. The van der Waals surface area contributed by atoms with Gasteiger partial charge in [-0.05, 0) is 37.1 Å². The van der Waals surface area contributed by atoms with E-state index in [1.807, 2.05) is 48.5 Å². The number of benzene rings is 2. The lowest BCUT2D eigenvalue weighted by Gasteiger charge is -2.17. The zero-order chi connectivity index (χ0) is 22.0. The maximum absolute atomic E-state index is 6.21. The zero-order valence-electron chi connectivity index (χ0n) is 19.7. The van der Waals surface area contributed by atoms with E-state index in [2.05, 4.69) is 13.8 Å². The maximum Gasteiger partial charge on any atom is 0.204 e. The van der Waals surface area contributed by atoms with Gasteiger partial charge in [-0.3, -0.25) is 0 Å². The van der Waals surface area contributed by atoms with Crippen molar-refractivity contribution < 1.29 is 14.2 Å². The summed E-state index contributed by atoms with van der Waals surface area (Å²) in [6, 6.07) is 15.8. The molecule has 172 valence electrons. The maximum atomic E-state index is 6.21. The standard InChI is InChI=1S/C28H42O3/c1-3-5-7-9-11-16-23-29-26-21-18-22-27(31-25-19-14-13-15-20-25)28(26)30-24-17-12-10-8-6-4-2/h13-15,18-22H,3-12,16-17,23-24H2,1-2H3. The first-order chi connectivity index (χ1) is 15.3. The van der Waals surface area contributed by atoms with Gasteiger partial charge in [0, 0.05) is 0 Å². The lowest BCUT2D eigenvalue weighted by atomic mass is 10.1. The normalized spacial score (nSPS) is 10.8. The largest absolute Gasteiger partial charge is 0.490 e. The number of para-hydroxylation sites is 2. The van der Waals surface area contributed by atoms with Gasteiger partial charge >= 0.3 is 0 Å². The Kier molecular flexibility index (Phi) is 13.4. The number of hydrogen-bond donors (Lipinski definition) is 0. The van der Waals surface area contributed by atoms with Crippen molar-refractivity contribution in [1.29, 1.82) is 0 Å². The minimum absolute atomic E-state index is 0.689. The van der Waals surface area contributed by atoms with Crippen LogP contribution in [0.3, 0.4) is 0 Å². The molecule has 3 nitrogen and oxygen atoms in total. The second kappa shape index (κ2) is 16.5. The summed E-state index contributed by atoms with van der Waals surface area (Å²) < 4.78 is 18.5. The van der Waals surface area contributed by atoms with Gasteiger partial charge in [-0.2, -0.15) is 0 Å². The molecule has 0 heterocycles. The van der Waals surface area contributed by atoms with Crippen LogP contribution in [0.1, 0.15) is 90.9 Å². The van der Waals surface area contributed by atoms with Crippen molar-refractivity contribution >= 4 is 0 Å². The zero-order valence-corrected chi connectivity index (χ0v) is 19.7. The summed E-state index contributed by atoms with van der Waals surface area (Å²) in [4.78, 5) is 0. The Morgan fingerprint density at radius 3 is 1.71 bits per heavy atom. The molecule has 2 rings (SSSR count). The quantitative estimate of drug-likeness (QED) is 0.223. The summed E-state index contributed by atoms with van der Waals surface area (Å²) in [5.74, 6) is 3.04. The lowest BCUT2D eigenvalue weighted by molar-refractivity contribution is 0.250. The summed E-state index contributed by atoms with van der Waals surface area (Å²) in [5.41, 5.74) is 0. The van der Waals surface area contributed by atoms with Crippen molar-refractivity contribution in [3.05, 3.63) is 48.5 Å². The Morgan fingerprint density at radius 1 is 0.516 bits per heavy atom. The molecular formula is C28H42O3. The SMILES string of the molecule is CCCCCCCCOc1cccc(Oc2ccccc2)c1OCCCCCCCC. The van der Waals surface area contributed by atoms with E-state index in [4.69, 9.17) is 14.2 Å². The number of hydrogen-bond acceptors (Lipinski definition) is 3. The molecule has 0 aliphatic heterocycles. The lowest BCUT2D eigenvalue weighted by Crippen LogP contribution is -2.04. The summed E-state index contributed by atoms with van der Waals surface area (Å²) in [6.45, 7) is 5.91. The van der Waals surface area contributed by atoms with E-state index in [0.29, 0.717) is 13.2 Å². The highest BCUT2D eigenvalue weighted by Crippen LogP contribution is 2.40. The summed E-state index contributed by atoms with van der Waals surface area (Å²) in [7, 11) is 0. The average Bonchev–Trinajstić information content (AvgIpc) is 2.80. The van der Waals surface area contributed by atoms with Crippen molar-refractivity contribution in [3.8, 4) is 23.0 Å². The van der Waals surface area contributed by atoms with E-state index in [9.17, 15) is 0 Å². The van der Waals surface area contributed by atoms with Crippen LogP contribution in [0.5, 0.6) is 23.0 Å². The Balaban J connectivity index is 1.92. The van der Waals surface area contributed by atoms with Gasteiger partial charge in [0.1, 0.15) is 5.75 Å². The highest BCUT2D eigenvalue weighted by Gasteiger charge is 2.14. The van der Waals surface area contributed by atoms with Gasteiger partial charge < -0.3 is 14.2 Å². The Labute approximate surface area is 190 Å². The van der Waals surface area contributed by atoms with E-state index >= 15 is 0 Å². The fraction of sp³-hybridized carbons (Fsp3) is 0.571. The first-order valence-electron chi connectivity index (χ1n) is 12.5. The molecule has 0 aromatic heterocycles. The first-order valence-corrected chi connectivity index (χ1v) is 12.5. The summed E-state index contributed by atoms with van der Waals surface area (Å²) >= 11 is 0. The monoisotopic (exact) mass is 426 g/mol. The molecule has 0 aliphatic rings. The van der Waals surface area contributed by atoms with E-state index in [1.165, 1.54) is 64.2 Å². The second-order valence-corrected chi connectivity index (χ2v) is 8.23. The average molecular weight is 427 g/mol. The van der Waals surface area contributed by atoms with Crippen molar-refractivity contribution in [1.82, 2.24) is 0 Å². The van der Waals surface area contributed by atoms with Crippen LogP contribution in [0.4, 0.5) is 0 Å². The van der Waals surface area contributed by atoms with Gasteiger partial charge in [0.15, 0.2) is 11.5 Å². The number of ether oxygens (including phenoxy) is 3. The predicted molar refractivity (Wildman–Crippen MR) is 131 cm³/mol. The van der Waals surface area contributed by atoms with Crippen LogP contribution in [0.2, 0.25) is 0 Å².